The molecule has 0 bridgehead atoms. The molecule has 0 aromatic heterocycles. The summed E-state index contributed by atoms with van der Waals surface area (Å²) in [4.78, 5) is 25.8. The molecule has 0 aliphatic carbocycles. The van der Waals surface area contributed by atoms with Crippen molar-refractivity contribution in [3.05, 3.63) is 53.3 Å². The fourth-order valence-corrected chi connectivity index (χ4v) is 3.07. The smallest absolute Gasteiger partial charge is 0.344 e. The number of rotatable bonds is 7. The third-order valence-electron chi connectivity index (χ3n) is 4.61. The lowest BCUT2D eigenvalue weighted by atomic mass is 9.99. The van der Waals surface area contributed by atoms with Gasteiger partial charge in [-0.15, -0.1) is 0 Å². The summed E-state index contributed by atoms with van der Waals surface area (Å²) < 4.78 is 34.1. The molecule has 0 radical (unpaired) electrons. The summed E-state index contributed by atoms with van der Waals surface area (Å²) in [6.45, 7) is 0.0124. The van der Waals surface area contributed by atoms with Crippen molar-refractivity contribution >= 4 is 11.9 Å². The van der Waals surface area contributed by atoms with Crippen molar-refractivity contribution in [2.45, 2.75) is 13.0 Å². The van der Waals surface area contributed by atoms with Crippen LogP contribution in [-0.4, -0.2) is 50.8 Å². The van der Waals surface area contributed by atoms with Gasteiger partial charge in [-0.25, -0.2) is 9.18 Å². The fraction of sp³-hybridized carbons (Fsp3) is 0.333. The molecule has 0 atom stereocenters. The Morgan fingerprint density at radius 1 is 1.00 bits per heavy atom. The second-order valence-electron chi connectivity index (χ2n) is 6.42. The molecule has 7 nitrogen and oxygen atoms in total. The molecule has 1 aliphatic rings. The Morgan fingerprint density at radius 2 is 1.69 bits per heavy atom. The number of esters is 1. The van der Waals surface area contributed by atoms with Crippen molar-refractivity contribution in [1.82, 2.24) is 4.90 Å². The van der Waals surface area contributed by atoms with Gasteiger partial charge < -0.3 is 23.8 Å². The third kappa shape index (κ3) is 4.96. The number of carbonyl (C=O) groups excluding carboxylic acids is 2. The Morgan fingerprint density at radius 3 is 2.38 bits per heavy atom. The van der Waals surface area contributed by atoms with Crippen LogP contribution in [0, 0.1) is 5.82 Å². The molecule has 1 aliphatic heterocycles. The number of hydrogen-bond donors (Lipinski definition) is 0. The number of benzene rings is 2. The molecule has 0 unspecified atom stereocenters. The lowest BCUT2D eigenvalue weighted by Gasteiger charge is -2.29. The number of carbonyl (C=O) groups is 2. The summed E-state index contributed by atoms with van der Waals surface area (Å²) >= 11 is 0. The fourth-order valence-electron chi connectivity index (χ4n) is 3.07. The molecule has 29 heavy (non-hydrogen) atoms. The van der Waals surface area contributed by atoms with Crippen LogP contribution in [0.3, 0.4) is 0 Å². The molecule has 0 spiro atoms. The van der Waals surface area contributed by atoms with Gasteiger partial charge in [-0.3, -0.25) is 4.79 Å². The van der Waals surface area contributed by atoms with Crippen molar-refractivity contribution in [3.8, 4) is 17.2 Å². The molecule has 3 rings (SSSR count). The standard InChI is InChI=1S/C21H22FNO6/c1-26-18-9-14-7-8-23(11-15(14)10-19(18)27-2)20(24)12-29-21(25)13-28-17-6-4-3-5-16(17)22/h3-6,9-10H,7-8,11-13H2,1-2H3. The molecule has 0 fully saturated rings. The van der Waals surface area contributed by atoms with Gasteiger partial charge in [0.05, 0.1) is 14.2 Å². The zero-order chi connectivity index (χ0) is 20.8. The number of methoxy groups -OCH3 is 2. The summed E-state index contributed by atoms with van der Waals surface area (Å²) in [6.07, 6.45) is 0.659. The predicted octanol–water partition coefficient (Wildman–Crippen LogP) is 2.35. The van der Waals surface area contributed by atoms with Gasteiger partial charge in [-0.1, -0.05) is 12.1 Å². The van der Waals surface area contributed by atoms with Gasteiger partial charge in [-0.05, 0) is 41.8 Å². The van der Waals surface area contributed by atoms with Gasteiger partial charge in [0.2, 0.25) is 0 Å². The minimum absolute atomic E-state index is 0.0483. The van der Waals surface area contributed by atoms with E-state index >= 15 is 0 Å². The van der Waals surface area contributed by atoms with Gasteiger partial charge in [0.1, 0.15) is 0 Å². The highest BCUT2D eigenvalue weighted by Gasteiger charge is 2.23. The SMILES string of the molecule is COc1cc2c(cc1OC)CN(C(=O)COC(=O)COc1ccccc1F)CC2. The summed E-state index contributed by atoms with van der Waals surface area (Å²) in [6, 6.07) is 9.50. The van der Waals surface area contributed by atoms with Crippen molar-refractivity contribution in [2.75, 3.05) is 34.0 Å². The number of halogens is 1. The van der Waals surface area contributed by atoms with Crippen molar-refractivity contribution in [3.63, 3.8) is 0 Å². The number of fused-ring (bicyclic) bond motifs is 1. The van der Waals surface area contributed by atoms with Crippen molar-refractivity contribution < 1.29 is 32.9 Å². The average Bonchev–Trinajstić information content (AvgIpc) is 2.75. The number of amides is 1. The number of para-hydroxylation sites is 1. The minimum atomic E-state index is -0.745. The first-order valence-electron chi connectivity index (χ1n) is 9.06. The molecule has 1 amide bonds. The summed E-state index contributed by atoms with van der Waals surface area (Å²) in [5, 5.41) is 0. The summed E-state index contributed by atoms with van der Waals surface area (Å²) in [7, 11) is 3.13. The maximum absolute atomic E-state index is 13.5. The van der Waals surface area contributed by atoms with Crippen LogP contribution in [0.2, 0.25) is 0 Å². The number of nitrogens with zero attached hydrogens (tertiary/aromatic N) is 1. The molecule has 0 N–H and O–H groups in total. The van der Waals surface area contributed by atoms with E-state index in [1.54, 1.807) is 25.2 Å². The van der Waals surface area contributed by atoms with Gasteiger partial charge in [0.25, 0.3) is 5.91 Å². The van der Waals surface area contributed by atoms with Crippen molar-refractivity contribution in [2.24, 2.45) is 0 Å². The molecule has 1 heterocycles. The Kier molecular flexibility index (Phi) is 6.54. The van der Waals surface area contributed by atoms with Gasteiger partial charge in [0, 0.05) is 13.1 Å². The highest BCUT2D eigenvalue weighted by Crippen LogP contribution is 2.33. The van der Waals surface area contributed by atoms with Gasteiger partial charge in [-0.2, -0.15) is 0 Å². The second-order valence-corrected chi connectivity index (χ2v) is 6.42. The molecular weight excluding hydrogens is 381 g/mol. The maximum Gasteiger partial charge on any atom is 0.344 e. The Bertz CT molecular complexity index is 901. The van der Waals surface area contributed by atoms with E-state index < -0.39 is 25.0 Å². The molecule has 2 aromatic carbocycles. The monoisotopic (exact) mass is 403 g/mol. The number of hydrogen-bond acceptors (Lipinski definition) is 6. The van der Waals surface area contributed by atoms with E-state index in [4.69, 9.17) is 18.9 Å². The van der Waals surface area contributed by atoms with Crippen LogP contribution in [0.5, 0.6) is 17.2 Å². The van der Waals surface area contributed by atoms with Crippen LogP contribution in [-0.2, 0) is 27.3 Å². The predicted molar refractivity (Wildman–Crippen MR) is 102 cm³/mol. The largest absolute Gasteiger partial charge is 0.493 e. The highest BCUT2D eigenvalue weighted by atomic mass is 19.1. The normalized spacial score (nSPS) is 12.7. The molecule has 0 saturated carbocycles. The molecule has 154 valence electrons. The molecule has 2 aromatic rings. The Hall–Kier alpha value is -3.29. The van der Waals surface area contributed by atoms with E-state index in [1.165, 1.54) is 18.2 Å². The van der Waals surface area contributed by atoms with Gasteiger partial charge >= 0.3 is 5.97 Å². The van der Waals surface area contributed by atoms with Crippen LogP contribution in [0.1, 0.15) is 11.1 Å². The van der Waals surface area contributed by atoms with Crippen LogP contribution in [0.25, 0.3) is 0 Å². The van der Waals surface area contributed by atoms with Crippen molar-refractivity contribution in [1.29, 1.82) is 0 Å². The lowest BCUT2D eigenvalue weighted by molar-refractivity contribution is -0.154. The Balaban J connectivity index is 1.51. The van der Waals surface area contributed by atoms with Gasteiger partial charge in [0.15, 0.2) is 36.3 Å². The quantitative estimate of drug-likeness (QED) is 0.661. The average molecular weight is 403 g/mol. The minimum Gasteiger partial charge on any atom is -0.493 e. The van der Waals surface area contributed by atoms with E-state index in [1.807, 2.05) is 12.1 Å². The van der Waals surface area contributed by atoms with E-state index in [9.17, 15) is 14.0 Å². The van der Waals surface area contributed by atoms with Crippen LogP contribution in [0.15, 0.2) is 36.4 Å². The topological polar surface area (TPSA) is 74.3 Å². The number of ether oxygens (including phenoxy) is 4. The zero-order valence-electron chi connectivity index (χ0n) is 16.3. The third-order valence-corrected chi connectivity index (χ3v) is 4.61. The van der Waals surface area contributed by atoms with E-state index in [2.05, 4.69) is 0 Å². The van der Waals surface area contributed by atoms with Crippen LogP contribution in [0.4, 0.5) is 4.39 Å². The van der Waals surface area contributed by atoms with E-state index in [0.717, 1.165) is 11.1 Å². The first-order chi connectivity index (χ1) is 14.0. The summed E-state index contributed by atoms with van der Waals surface area (Å²) in [5.41, 5.74) is 2.04. The first kappa shape index (κ1) is 20.4. The molecule has 8 heteroatoms. The van der Waals surface area contributed by atoms with Crippen LogP contribution < -0.4 is 14.2 Å². The molecule has 0 saturated heterocycles. The summed E-state index contributed by atoms with van der Waals surface area (Å²) in [5.74, 6) is -0.439. The zero-order valence-corrected chi connectivity index (χ0v) is 16.3. The maximum atomic E-state index is 13.5. The van der Waals surface area contributed by atoms with E-state index in [0.29, 0.717) is 31.0 Å². The van der Waals surface area contributed by atoms with E-state index in [-0.39, 0.29) is 11.7 Å². The Labute approximate surface area is 167 Å². The highest BCUT2D eigenvalue weighted by molar-refractivity contribution is 5.81. The molecular formula is C21H22FNO6. The first-order valence-corrected chi connectivity index (χ1v) is 9.06. The lowest BCUT2D eigenvalue weighted by Crippen LogP contribution is -2.39. The van der Waals surface area contributed by atoms with Crippen LogP contribution >= 0.6 is 0 Å². The second kappa shape index (κ2) is 9.27.